The van der Waals surface area contributed by atoms with Gasteiger partial charge in [0.25, 0.3) is 5.91 Å². The summed E-state index contributed by atoms with van der Waals surface area (Å²) >= 11 is 0. The van der Waals surface area contributed by atoms with Crippen LogP contribution in [0.15, 0.2) is 30.3 Å². The van der Waals surface area contributed by atoms with Gasteiger partial charge in [0.1, 0.15) is 18.6 Å². The molecule has 4 aliphatic rings. The predicted octanol–water partition coefficient (Wildman–Crippen LogP) is 1.57. The van der Waals surface area contributed by atoms with Gasteiger partial charge in [0, 0.05) is 44.3 Å². The van der Waals surface area contributed by atoms with E-state index in [0.29, 0.717) is 42.8 Å². The van der Waals surface area contributed by atoms with Gasteiger partial charge in [-0.2, -0.15) is 13.2 Å². The summed E-state index contributed by atoms with van der Waals surface area (Å²) in [5, 5.41) is 0. The van der Waals surface area contributed by atoms with Crippen molar-refractivity contribution in [2.75, 3.05) is 51.3 Å². The first-order valence-electron chi connectivity index (χ1n) is 13.3. The molecule has 2 N–H and O–H groups in total. The second kappa shape index (κ2) is 10.4. The maximum atomic E-state index is 13.8. The first kappa shape index (κ1) is 26.7. The number of hydrogen-bond donors (Lipinski definition) is 2. The summed E-state index contributed by atoms with van der Waals surface area (Å²) in [4.78, 5) is 45.6. The SMILES string of the molecule is CN(CC(F)(F)F)C(=O)CN1CN(c2ccccc2)C2(CCN(C(=O)C3CCC4NNCC4C3)CC2)C1=O. The van der Waals surface area contributed by atoms with E-state index in [1.54, 1.807) is 0 Å². The largest absolute Gasteiger partial charge is 0.406 e. The number of hydrazine groups is 1. The maximum absolute atomic E-state index is 13.8. The summed E-state index contributed by atoms with van der Waals surface area (Å²) < 4.78 is 38.4. The summed E-state index contributed by atoms with van der Waals surface area (Å²) in [6.45, 7) is 0.0215. The van der Waals surface area contributed by atoms with Gasteiger partial charge >= 0.3 is 6.18 Å². The van der Waals surface area contributed by atoms with Crippen LogP contribution in [0.3, 0.4) is 0 Å². The third kappa shape index (κ3) is 5.20. The molecule has 1 aromatic carbocycles. The van der Waals surface area contributed by atoms with Crippen LogP contribution in [0.4, 0.5) is 18.9 Å². The van der Waals surface area contributed by atoms with Crippen LogP contribution in [0, 0.1) is 11.8 Å². The van der Waals surface area contributed by atoms with Crippen LogP contribution in [0.2, 0.25) is 0 Å². The fourth-order valence-electron chi connectivity index (χ4n) is 6.54. The molecule has 4 fully saturated rings. The van der Waals surface area contributed by atoms with E-state index in [0.717, 1.165) is 38.5 Å². The van der Waals surface area contributed by atoms with Crippen LogP contribution in [0.1, 0.15) is 32.1 Å². The van der Waals surface area contributed by atoms with Gasteiger partial charge in [-0.1, -0.05) is 18.2 Å². The smallest absolute Gasteiger partial charge is 0.342 e. The maximum Gasteiger partial charge on any atom is 0.406 e. The molecule has 1 aliphatic carbocycles. The lowest BCUT2D eigenvalue weighted by molar-refractivity contribution is -0.159. The first-order valence-corrected chi connectivity index (χ1v) is 13.3. The van der Waals surface area contributed by atoms with Gasteiger partial charge < -0.3 is 19.6 Å². The number of anilines is 1. The molecule has 3 aliphatic heterocycles. The number of piperidine rings is 1. The van der Waals surface area contributed by atoms with Gasteiger partial charge in [-0.25, -0.2) is 0 Å². The molecule has 3 amide bonds. The number of rotatable bonds is 5. The third-order valence-electron chi connectivity index (χ3n) is 8.64. The third-order valence-corrected chi connectivity index (χ3v) is 8.64. The Morgan fingerprint density at radius 2 is 1.84 bits per heavy atom. The first-order chi connectivity index (χ1) is 18.1. The van der Waals surface area contributed by atoms with E-state index in [4.69, 9.17) is 0 Å². The number of halogens is 3. The highest BCUT2D eigenvalue weighted by Crippen LogP contribution is 2.40. The number of likely N-dealkylation sites (N-methyl/N-ethyl adjacent to an activating group) is 1. The van der Waals surface area contributed by atoms with E-state index in [1.165, 1.54) is 4.90 Å². The van der Waals surface area contributed by atoms with Gasteiger partial charge in [0.05, 0.1) is 6.67 Å². The summed E-state index contributed by atoms with van der Waals surface area (Å²) in [5.41, 5.74) is 6.34. The molecule has 0 aromatic heterocycles. The lowest BCUT2D eigenvalue weighted by Gasteiger charge is -2.44. The average molecular weight is 537 g/mol. The van der Waals surface area contributed by atoms with Crippen molar-refractivity contribution in [3.8, 4) is 0 Å². The van der Waals surface area contributed by atoms with Crippen molar-refractivity contribution in [3.63, 3.8) is 0 Å². The Morgan fingerprint density at radius 3 is 2.53 bits per heavy atom. The molecule has 3 heterocycles. The lowest BCUT2D eigenvalue weighted by Crippen LogP contribution is -2.58. The van der Waals surface area contributed by atoms with Crippen LogP contribution < -0.4 is 15.8 Å². The molecule has 208 valence electrons. The Bertz CT molecular complexity index is 1050. The highest BCUT2D eigenvalue weighted by molar-refractivity contribution is 5.96. The number of para-hydroxylation sites is 1. The number of likely N-dealkylation sites (tertiary alicyclic amines) is 1. The number of fused-ring (bicyclic) bond motifs is 1. The van der Waals surface area contributed by atoms with Crippen molar-refractivity contribution in [2.45, 2.75) is 49.9 Å². The molecule has 38 heavy (non-hydrogen) atoms. The zero-order valence-corrected chi connectivity index (χ0v) is 21.5. The minimum absolute atomic E-state index is 0.0187. The number of carbonyl (C=O) groups excluding carboxylic acids is 3. The number of amides is 3. The minimum atomic E-state index is -4.51. The Balaban J connectivity index is 1.29. The second-order valence-electron chi connectivity index (χ2n) is 11.0. The molecule has 12 heteroatoms. The normalized spacial score (nSPS) is 27.1. The van der Waals surface area contributed by atoms with Crippen molar-refractivity contribution in [3.05, 3.63) is 30.3 Å². The van der Waals surface area contributed by atoms with Crippen molar-refractivity contribution in [1.82, 2.24) is 25.6 Å². The van der Waals surface area contributed by atoms with Crippen LogP contribution in [0.5, 0.6) is 0 Å². The van der Waals surface area contributed by atoms with Crippen molar-refractivity contribution >= 4 is 23.4 Å². The fourth-order valence-corrected chi connectivity index (χ4v) is 6.54. The van der Waals surface area contributed by atoms with Crippen LogP contribution in [0.25, 0.3) is 0 Å². The Labute approximate surface area is 220 Å². The number of hydrogen-bond acceptors (Lipinski definition) is 6. The Morgan fingerprint density at radius 1 is 1.13 bits per heavy atom. The zero-order chi connectivity index (χ0) is 27.1. The standard InChI is InChI=1S/C26H35F3N6O3/c1-32(16-26(27,28)29)22(36)15-34-17-35(20-5-3-2-4-6-20)25(24(34)38)9-11-33(12-10-25)23(37)18-7-8-21-19(13-18)14-30-31-21/h2-6,18-19,21,30-31H,7-17H2,1H3. The summed E-state index contributed by atoms with van der Waals surface area (Å²) in [7, 11) is 1.09. The summed E-state index contributed by atoms with van der Waals surface area (Å²) in [6, 6.07) is 9.78. The monoisotopic (exact) mass is 536 g/mol. The van der Waals surface area contributed by atoms with Gasteiger partial charge in [0.15, 0.2) is 0 Å². The van der Waals surface area contributed by atoms with Crippen molar-refractivity contribution in [2.24, 2.45) is 11.8 Å². The molecular formula is C26H35F3N6O3. The van der Waals surface area contributed by atoms with E-state index < -0.39 is 30.7 Å². The van der Waals surface area contributed by atoms with E-state index in [2.05, 4.69) is 10.9 Å². The molecular weight excluding hydrogens is 501 g/mol. The number of alkyl halides is 3. The molecule has 0 radical (unpaired) electrons. The van der Waals surface area contributed by atoms with Crippen LogP contribution in [-0.2, 0) is 14.4 Å². The summed E-state index contributed by atoms with van der Waals surface area (Å²) in [6.07, 6.45) is -1.07. The number of nitrogens with one attached hydrogen (secondary N) is 2. The van der Waals surface area contributed by atoms with Crippen LogP contribution in [-0.4, -0.2) is 96.6 Å². The van der Waals surface area contributed by atoms with E-state index >= 15 is 0 Å². The Hall–Kier alpha value is -2.86. The highest BCUT2D eigenvalue weighted by atomic mass is 19.4. The molecule has 0 bridgehead atoms. The zero-order valence-electron chi connectivity index (χ0n) is 21.5. The molecule has 9 nitrogen and oxygen atoms in total. The quantitative estimate of drug-likeness (QED) is 0.594. The molecule has 1 aromatic rings. The second-order valence-corrected chi connectivity index (χ2v) is 11.0. The van der Waals surface area contributed by atoms with Crippen LogP contribution >= 0.6 is 0 Å². The topological polar surface area (TPSA) is 88.2 Å². The van der Waals surface area contributed by atoms with Gasteiger partial charge in [-0.15, -0.1) is 0 Å². The highest BCUT2D eigenvalue weighted by Gasteiger charge is 2.55. The molecule has 3 saturated heterocycles. The molecule has 5 rings (SSSR count). The fraction of sp³-hybridized carbons (Fsp3) is 0.654. The minimum Gasteiger partial charge on any atom is -0.342 e. The molecule has 1 saturated carbocycles. The van der Waals surface area contributed by atoms with Gasteiger partial charge in [-0.05, 0) is 50.2 Å². The summed E-state index contributed by atoms with van der Waals surface area (Å²) in [5.74, 6) is -0.469. The van der Waals surface area contributed by atoms with Gasteiger partial charge in [0.2, 0.25) is 11.8 Å². The molecule has 1 spiro atoms. The number of benzene rings is 1. The average Bonchev–Trinajstić information content (AvgIpc) is 3.47. The van der Waals surface area contributed by atoms with E-state index in [-0.39, 0.29) is 24.4 Å². The lowest BCUT2D eigenvalue weighted by atomic mass is 9.77. The van der Waals surface area contributed by atoms with E-state index in [9.17, 15) is 27.6 Å². The predicted molar refractivity (Wildman–Crippen MR) is 133 cm³/mol. The molecule has 3 unspecified atom stereocenters. The van der Waals surface area contributed by atoms with Crippen molar-refractivity contribution in [1.29, 1.82) is 0 Å². The number of carbonyl (C=O) groups is 3. The van der Waals surface area contributed by atoms with E-state index in [1.807, 2.05) is 40.1 Å². The van der Waals surface area contributed by atoms with Crippen molar-refractivity contribution < 1.29 is 27.6 Å². The number of nitrogens with zero attached hydrogens (tertiary/aromatic N) is 4. The molecule has 3 atom stereocenters. The Kier molecular flexibility index (Phi) is 7.29. The van der Waals surface area contributed by atoms with Gasteiger partial charge in [-0.3, -0.25) is 25.2 Å².